The number of carbonyl (C=O) groups excluding carboxylic acids is 4. The van der Waals surface area contributed by atoms with Crippen molar-refractivity contribution in [3.8, 4) is 0 Å². The largest absolute Gasteiger partial charge is 0.445 e. The van der Waals surface area contributed by atoms with Gasteiger partial charge in [0.25, 0.3) is 11.8 Å². The van der Waals surface area contributed by atoms with E-state index in [1.807, 2.05) is 13.8 Å². The first-order valence-corrected chi connectivity index (χ1v) is 13.0. The lowest BCUT2D eigenvalue weighted by molar-refractivity contribution is -0.137. The summed E-state index contributed by atoms with van der Waals surface area (Å²) >= 11 is 6.08. The lowest BCUT2D eigenvalue weighted by Crippen LogP contribution is -2.30. The molecule has 0 unspecified atom stereocenters. The Morgan fingerprint density at radius 3 is 2.12 bits per heavy atom. The summed E-state index contributed by atoms with van der Waals surface area (Å²) in [6.45, 7) is 3.76. The van der Waals surface area contributed by atoms with Gasteiger partial charge in [-0.2, -0.15) is 13.2 Å². The molecule has 42 heavy (non-hydrogen) atoms. The van der Waals surface area contributed by atoms with Crippen molar-refractivity contribution >= 4 is 40.9 Å². The number of carbonyl (C=O) groups is 4. The lowest BCUT2D eigenvalue weighted by Gasteiger charge is -2.18. The average Bonchev–Trinajstić information content (AvgIpc) is 3.21. The van der Waals surface area contributed by atoms with Crippen molar-refractivity contribution in [3.05, 3.63) is 134 Å². The SMILES string of the molecule is Cc1ccc(C(=O)[C@@H](OC(=O)c2ccc3c(c2)C(=O)N(c2cc(C(F)(F)F)ccc2Cl)C3=O)c2ccccc2)cc1C. The maximum absolute atomic E-state index is 13.5. The second-order valence-corrected chi connectivity index (χ2v) is 10.1. The monoisotopic (exact) mass is 591 g/mol. The highest BCUT2D eigenvalue weighted by molar-refractivity contribution is 6.40. The van der Waals surface area contributed by atoms with E-state index in [4.69, 9.17) is 16.3 Å². The summed E-state index contributed by atoms with van der Waals surface area (Å²) < 4.78 is 45.6. The van der Waals surface area contributed by atoms with Crippen LogP contribution >= 0.6 is 11.6 Å². The van der Waals surface area contributed by atoms with Gasteiger partial charge in [-0.1, -0.05) is 54.1 Å². The van der Waals surface area contributed by atoms with Gasteiger partial charge in [0.05, 0.1) is 33.0 Å². The number of halogens is 4. The second-order valence-electron chi connectivity index (χ2n) is 9.73. The molecule has 10 heteroatoms. The highest BCUT2D eigenvalue weighted by Gasteiger charge is 2.40. The molecular formula is C32H21ClF3NO5. The molecule has 0 spiro atoms. The van der Waals surface area contributed by atoms with Gasteiger partial charge in [0.2, 0.25) is 5.78 Å². The third-order valence-electron chi connectivity index (χ3n) is 6.99. The Morgan fingerprint density at radius 2 is 1.45 bits per heavy atom. The molecule has 2 amide bonds. The summed E-state index contributed by atoms with van der Waals surface area (Å²) in [5, 5.41) is -0.243. The van der Waals surface area contributed by atoms with E-state index in [1.54, 1.807) is 48.5 Å². The first-order chi connectivity index (χ1) is 19.9. The fourth-order valence-corrected chi connectivity index (χ4v) is 4.77. The second kappa shape index (κ2) is 10.9. The van der Waals surface area contributed by atoms with Crippen LogP contribution in [0, 0.1) is 13.8 Å². The molecule has 0 radical (unpaired) electrons. The van der Waals surface area contributed by atoms with Gasteiger partial charge < -0.3 is 4.74 Å². The minimum atomic E-state index is -4.74. The summed E-state index contributed by atoms with van der Waals surface area (Å²) in [5.41, 5.74) is 0.600. The lowest BCUT2D eigenvalue weighted by atomic mass is 9.97. The van der Waals surface area contributed by atoms with Gasteiger partial charge in [0, 0.05) is 11.1 Å². The van der Waals surface area contributed by atoms with Crippen LogP contribution in [0.5, 0.6) is 0 Å². The van der Waals surface area contributed by atoms with E-state index >= 15 is 0 Å². The van der Waals surface area contributed by atoms with Crippen molar-refractivity contribution in [2.75, 3.05) is 4.90 Å². The smallest absolute Gasteiger partial charge is 0.416 e. The number of nitrogens with zero attached hydrogens (tertiary/aromatic N) is 1. The van der Waals surface area contributed by atoms with Crippen LogP contribution in [-0.2, 0) is 10.9 Å². The number of imide groups is 1. The first-order valence-electron chi connectivity index (χ1n) is 12.6. The summed E-state index contributed by atoms with van der Waals surface area (Å²) in [4.78, 5) is 53.7. The molecule has 0 aliphatic carbocycles. The maximum atomic E-state index is 13.5. The van der Waals surface area contributed by atoms with E-state index < -0.39 is 47.1 Å². The Hall–Kier alpha value is -4.76. The molecule has 1 atom stereocenters. The van der Waals surface area contributed by atoms with E-state index in [9.17, 15) is 32.3 Å². The van der Waals surface area contributed by atoms with Crippen LogP contribution in [0.2, 0.25) is 5.02 Å². The standard InChI is InChI=1S/C32H21ClF3NO5/c1-17-8-9-20(14-18(17)2)27(38)28(19-6-4-3-5-7-19)42-31(41)21-10-12-23-24(15-21)30(40)37(29(23)39)26-16-22(32(34,35)36)11-13-25(26)33/h3-16,28H,1-2H3/t28-/m0/s1. The van der Waals surface area contributed by atoms with Crippen LogP contribution in [0.4, 0.5) is 18.9 Å². The molecule has 1 heterocycles. The van der Waals surface area contributed by atoms with Gasteiger partial charge in [-0.3, -0.25) is 14.4 Å². The van der Waals surface area contributed by atoms with E-state index in [2.05, 4.69) is 0 Å². The molecule has 4 aromatic carbocycles. The quantitative estimate of drug-likeness (QED) is 0.131. The predicted octanol–water partition coefficient (Wildman–Crippen LogP) is 7.56. The summed E-state index contributed by atoms with van der Waals surface area (Å²) in [7, 11) is 0. The molecule has 0 aromatic heterocycles. The Morgan fingerprint density at radius 1 is 0.786 bits per heavy atom. The Kier molecular flexibility index (Phi) is 7.47. The van der Waals surface area contributed by atoms with E-state index in [1.165, 1.54) is 12.1 Å². The Labute approximate surface area is 243 Å². The van der Waals surface area contributed by atoms with Gasteiger partial charge in [-0.15, -0.1) is 0 Å². The van der Waals surface area contributed by atoms with Gasteiger partial charge >= 0.3 is 12.1 Å². The Balaban J connectivity index is 1.46. The number of aryl methyl sites for hydroxylation is 2. The van der Waals surface area contributed by atoms with Crippen molar-refractivity contribution in [3.63, 3.8) is 0 Å². The van der Waals surface area contributed by atoms with Gasteiger partial charge in [0.1, 0.15) is 0 Å². The van der Waals surface area contributed by atoms with Gasteiger partial charge in [-0.05, 0) is 67.4 Å². The topological polar surface area (TPSA) is 80.8 Å². The van der Waals surface area contributed by atoms with Crippen molar-refractivity contribution in [1.82, 2.24) is 0 Å². The number of benzene rings is 4. The summed E-state index contributed by atoms with van der Waals surface area (Å²) in [5.74, 6) is -3.27. The highest BCUT2D eigenvalue weighted by atomic mass is 35.5. The zero-order valence-electron chi connectivity index (χ0n) is 22.2. The number of ether oxygens (including phenoxy) is 1. The molecule has 212 valence electrons. The molecule has 0 saturated carbocycles. The third kappa shape index (κ3) is 5.31. The third-order valence-corrected chi connectivity index (χ3v) is 7.31. The van der Waals surface area contributed by atoms with Crippen molar-refractivity contribution in [2.24, 2.45) is 0 Å². The van der Waals surface area contributed by atoms with E-state index in [0.29, 0.717) is 22.1 Å². The van der Waals surface area contributed by atoms with Crippen molar-refractivity contribution in [1.29, 1.82) is 0 Å². The minimum Gasteiger partial charge on any atom is -0.445 e. The average molecular weight is 592 g/mol. The number of Topliss-reactive ketones (excluding diaryl/α,β-unsaturated/α-hetero) is 1. The molecule has 0 fully saturated rings. The minimum absolute atomic E-state index is 0.129. The van der Waals surface area contributed by atoms with Crippen LogP contribution in [-0.4, -0.2) is 23.6 Å². The number of hydrogen-bond donors (Lipinski definition) is 0. The van der Waals surface area contributed by atoms with Crippen LogP contribution < -0.4 is 4.90 Å². The zero-order chi connectivity index (χ0) is 30.3. The molecule has 6 nitrogen and oxygen atoms in total. The number of esters is 1. The molecule has 5 rings (SSSR count). The number of amides is 2. The van der Waals surface area contributed by atoms with E-state index in [-0.39, 0.29) is 21.7 Å². The van der Waals surface area contributed by atoms with Crippen LogP contribution in [0.3, 0.4) is 0 Å². The van der Waals surface area contributed by atoms with E-state index in [0.717, 1.165) is 29.3 Å². The fraction of sp³-hybridized carbons (Fsp3) is 0.125. The molecule has 1 aliphatic heterocycles. The molecular weight excluding hydrogens is 571 g/mol. The first kappa shape index (κ1) is 28.8. The van der Waals surface area contributed by atoms with Gasteiger partial charge in [0.15, 0.2) is 6.10 Å². The molecule has 4 aromatic rings. The Bertz CT molecular complexity index is 1770. The van der Waals surface area contributed by atoms with Crippen LogP contribution in [0.25, 0.3) is 0 Å². The maximum Gasteiger partial charge on any atom is 0.416 e. The number of fused-ring (bicyclic) bond motifs is 1. The number of ketones is 1. The zero-order valence-corrected chi connectivity index (χ0v) is 22.9. The van der Waals surface area contributed by atoms with Crippen molar-refractivity contribution in [2.45, 2.75) is 26.1 Å². The molecule has 0 saturated heterocycles. The number of rotatable bonds is 6. The molecule has 0 bridgehead atoms. The van der Waals surface area contributed by atoms with Crippen molar-refractivity contribution < 1.29 is 37.1 Å². The summed E-state index contributed by atoms with van der Waals surface area (Å²) in [6, 6.07) is 19.4. The number of anilines is 1. The fourth-order valence-electron chi connectivity index (χ4n) is 4.57. The number of alkyl halides is 3. The van der Waals surface area contributed by atoms with Crippen LogP contribution in [0.15, 0.2) is 84.9 Å². The summed E-state index contributed by atoms with van der Waals surface area (Å²) in [6.07, 6.45) is -6.05. The molecule has 1 aliphatic rings. The normalized spacial score (nSPS) is 13.6. The molecule has 0 N–H and O–H groups in total. The predicted molar refractivity (Wildman–Crippen MR) is 149 cm³/mol. The highest BCUT2D eigenvalue weighted by Crippen LogP contribution is 2.39. The van der Waals surface area contributed by atoms with Crippen LogP contribution in [0.1, 0.15) is 69.8 Å². The number of hydrogen-bond acceptors (Lipinski definition) is 5. The van der Waals surface area contributed by atoms with Gasteiger partial charge in [-0.25, -0.2) is 9.69 Å².